The minimum Gasteiger partial charge on any atom is -0.381 e. The fourth-order valence-corrected chi connectivity index (χ4v) is 2.66. The Morgan fingerprint density at radius 1 is 1.39 bits per heavy atom. The van der Waals surface area contributed by atoms with Crippen molar-refractivity contribution in [2.75, 3.05) is 13.2 Å². The van der Waals surface area contributed by atoms with Crippen LogP contribution in [-0.4, -0.2) is 19.3 Å². The van der Waals surface area contributed by atoms with Crippen molar-refractivity contribution in [3.8, 4) is 0 Å². The average molecular weight is 268 g/mol. The lowest BCUT2D eigenvalue weighted by Gasteiger charge is -2.33. The normalized spacial score (nSPS) is 25.9. The number of rotatable bonds is 4. The second kappa shape index (κ2) is 6.55. The highest BCUT2D eigenvalue weighted by atomic mass is 35.5. The number of ether oxygens (including phenoxy) is 1. The van der Waals surface area contributed by atoms with Gasteiger partial charge >= 0.3 is 0 Å². The summed E-state index contributed by atoms with van der Waals surface area (Å²) in [5.41, 5.74) is 1.32. The summed E-state index contributed by atoms with van der Waals surface area (Å²) in [6.07, 6.45) is 2.19. The maximum absolute atomic E-state index is 5.94. The largest absolute Gasteiger partial charge is 0.381 e. The zero-order valence-corrected chi connectivity index (χ0v) is 11.9. The molecule has 2 rings (SSSR count). The second-order valence-electron chi connectivity index (χ2n) is 5.13. The summed E-state index contributed by atoms with van der Waals surface area (Å²) in [4.78, 5) is 0. The minimum absolute atomic E-state index is 0.410. The number of hydrogen-bond acceptors (Lipinski definition) is 2. The zero-order valence-electron chi connectivity index (χ0n) is 11.2. The van der Waals surface area contributed by atoms with Crippen LogP contribution in [0.4, 0.5) is 0 Å². The molecule has 1 aromatic rings. The molecule has 100 valence electrons. The van der Waals surface area contributed by atoms with Crippen molar-refractivity contribution in [1.82, 2.24) is 5.32 Å². The summed E-state index contributed by atoms with van der Waals surface area (Å²) in [5.74, 6) is 0.583. The molecule has 0 saturated carbocycles. The third kappa shape index (κ3) is 3.47. The first-order chi connectivity index (χ1) is 8.70. The van der Waals surface area contributed by atoms with Crippen LogP contribution in [0.2, 0.25) is 5.02 Å². The van der Waals surface area contributed by atoms with Crippen LogP contribution in [0.25, 0.3) is 0 Å². The maximum atomic E-state index is 5.94. The van der Waals surface area contributed by atoms with Crippen molar-refractivity contribution in [3.05, 3.63) is 34.9 Å². The lowest BCUT2D eigenvalue weighted by Crippen LogP contribution is -2.43. The Kier molecular flexibility index (Phi) is 5.04. The standard InChI is InChI=1S/C15H22ClNO/c1-3-14(12-4-6-13(16)7-5-12)17-15-8-9-18-10-11(15)2/h4-7,11,14-15,17H,3,8-10H2,1-2H3. The van der Waals surface area contributed by atoms with E-state index in [9.17, 15) is 0 Å². The van der Waals surface area contributed by atoms with Crippen molar-refractivity contribution in [1.29, 1.82) is 0 Å². The Morgan fingerprint density at radius 3 is 2.72 bits per heavy atom. The van der Waals surface area contributed by atoms with E-state index in [0.717, 1.165) is 31.1 Å². The maximum Gasteiger partial charge on any atom is 0.0506 e. The van der Waals surface area contributed by atoms with E-state index in [-0.39, 0.29) is 0 Å². The lowest BCUT2D eigenvalue weighted by atomic mass is 9.95. The molecule has 1 saturated heterocycles. The predicted molar refractivity (Wildman–Crippen MR) is 76.0 cm³/mol. The van der Waals surface area contributed by atoms with Crippen molar-refractivity contribution in [2.45, 2.75) is 38.8 Å². The lowest BCUT2D eigenvalue weighted by molar-refractivity contribution is 0.0355. The van der Waals surface area contributed by atoms with Crippen molar-refractivity contribution in [3.63, 3.8) is 0 Å². The quantitative estimate of drug-likeness (QED) is 0.896. The van der Waals surface area contributed by atoms with E-state index >= 15 is 0 Å². The van der Waals surface area contributed by atoms with Gasteiger partial charge in [0.1, 0.15) is 0 Å². The summed E-state index contributed by atoms with van der Waals surface area (Å²) < 4.78 is 5.49. The predicted octanol–water partition coefficient (Wildman–Crippen LogP) is 3.81. The van der Waals surface area contributed by atoms with Gasteiger partial charge in [-0.05, 0) is 36.5 Å². The molecule has 1 aromatic carbocycles. The first-order valence-electron chi connectivity index (χ1n) is 6.80. The van der Waals surface area contributed by atoms with Gasteiger partial charge in [-0.3, -0.25) is 0 Å². The monoisotopic (exact) mass is 267 g/mol. The summed E-state index contributed by atoms with van der Waals surface area (Å²) >= 11 is 5.94. The highest BCUT2D eigenvalue weighted by Gasteiger charge is 2.24. The Labute approximate surface area is 115 Å². The van der Waals surface area contributed by atoms with Crippen molar-refractivity contribution in [2.24, 2.45) is 5.92 Å². The van der Waals surface area contributed by atoms with Crippen LogP contribution in [0.5, 0.6) is 0 Å². The van der Waals surface area contributed by atoms with Crippen molar-refractivity contribution >= 4 is 11.6 Å². The van der Waals surface area contributed by atoms with E-state index in [1.165, 1.54) is 5.56 Å². The first-order valence-corrected chi connectivity index (χ1v) is 7.17. The summed E-state index contributed by atoms with van der Waals surface area (Å²) in [6.45, 7) is 6.22. The van der Waals surface area contributed by atoms with Gasteiger partial charge in [0.2, 0.25) is 0 Å². The van der Waals surface area contributed by atoms with Crippen molar-refractivity contribution < 1.29 is 4.74 Å². The molecular weight excluding hydrogens is 246 g/mol. The fraction of sp³-hybridized carbons (Fsp3) is 0.600. The average Bonchev–Trinajstić information content (AvgIpc) is 2.39. The molecule has 0 radical (unpaired) electrons. The Hall–Kier alpha value is -0.570. The molecule has 3 unspecified atom stereocenters. The second-order valence-corrected chi connectivity index (χ2v) is 5.56. The molecule has 0 aromatic heterocycles. The van der Waals surface area contributed by atoms with Gasteiger partial charge in [0.15, 0.2) is 0 Å². The molecule has 18 heavy (non-hydrogen) atoms. The first kappa shape index (κ1) is 13.9. The van der Waals surface area contributed by atoms with E-state index in [1.807, 2.05) is 12.1 Å². The Balaban J connectivity index is 2.02. The summed E-state index contributed by atoms with van der Waals surface area (Å²) in [6, 6.07) is 9.14. The van der Waals surface area contributed by atoms with Crippen LogP contribution < -0.4 is 5.32 Å². The molecular formula is C15H22ClNO. The molecule has 1 aliphatic heterocycles. The van der Waals surface area contributed by atoms with Gasteiger partial charge in [-0.2, -0.15) is 0 Å². The molecule has 0 aliphatic carbocycles. The number of halogens is 1. The summed E-state index contributed by atoms with van der Waals surface area (Å²) in [7, 11) is 0. The minimum atomic E-state index is 0.410. The smallest absolute Gasteiger partial charge is 0.0506 e. The van der Waals surface area contributed by atoms with Gasteiger partial charge < -0.3 is 10.1 Å². The summed E-state index contributed by atoms with van der Waals surface area (Å²) in [5, 5.41) is 4.57. The molecule has 1 heterocycles. The van der Waals surface area contributed by atoms with Crippen LogP contribution in [-0.2, 0) is 4.74 Å². The number of benzene rings is 1. The Bertz CT molecular complexity index is 365. The van der Waals surface area contributed by atoms with Gasteiger partial charge in [-0.15, -0.1) is 0 Å². The van der Waals surface area contributed by atoms with Gasteiger partial charge in [-0.1, -0.05) is 37.6 Å². The SMILES string of the molecule is CCC(NC1CCOCC1C)c1ccc(Cl)cc1. The molecule has 0 bridgehead atoms. The van der Waals surface area contributed by atoms with Crippen LogP contribution in [0.3, 0.4) is 0 Å². The molecule has 2 nitrogen and oxygen atoms in total. The fourth-order valence-electron chi connectivity index (χ4n) is 2.53. The van der Waals surface area contributed by atoms with E-state index < -0.39 is 0 Å². The van der Waals surface area contributed by atoms with E-state index in [2.05, 4.69) is 31.3 Å². The Morgan fingerprint density at radius 2 is 2.11 bits per heavy atom. The van der Waals surface area contributed by atoms with E-state index in [4.69, 9.17) is 16.3 Å². The van der Waals surface area contributed by atoms with E-state index in [1.54, 1.807) is 0 Å². The molecule has 0 amide bonds. The number of nitrogens with one attached hydrogen (secondary N) is 1. The van der Waals surface area contributed by atoms with Crippen LogP contribution >= 0.6 is 11.6 Å². The van der Waals surface area contributed by atoms with Gasteiger partial charge in [-0.25, -0.2) is 0 Å². The third-order valence-electron chi connectivity index (χ3n) is 3.74. The molecule has 1 N–H and O–H groups in total. The molecule has 1 aliphatic rings. The van der Waals surface area contributed by atoms with E-state index in [0.29, 0.717) is 18.0 Å². The van der Waals surface area contributed by atoms with Crippen LogP contribution in [0.15, 0.2) is 24.3 Å². The zero-order chi connectivity index (χ0) is 13.0. The number of hydrogen-bond donors (Lipinski definition) is 1. The molecule has 3 atom stereocenters. The highest BCUT2D eigenvalue weighted by molar-refractivity contribution is 6.30. The van der Waals surface area contributed by atoms with Gasteiger partial charge in [0.05, 0.1) is 6.61 Å². The molecule has 0 spiro atoms. The third-order valence-corrected chi connectivity index (χ3v) is 3.99. The van der Waals surface area contributed by atoms with Gasteiger partial charge in [0.25, 0.3) is 0 Å². The van der Waals surface area contributed by atoms with Crippen LogP contribution in [0, 0.1) is 5.92 Å². The van der Waals surface area contributed by atoms with Gasteiger partial charge in [0, 0.05) is 23.7 Å². The highest BCUT2D eigenvalue weighted by Crippen LogP contribution is 2.23. The molecule has 1 fully saturated rings. The molecule has 3 heteroatoms. The van der Waals surface area contributed by atoms with Crippen LogP contribution in [0.1, 0.15) is 38.3 Å². The topological polar surface area (TPSA) is 21.3 Å².